The zero-order valence-corrected chi connectivity index (χ0v) is 16.2. The van der Waals surface area contributed by atoms with Crippen molar-refractivity contribution in [2.24, 2.45) is 5.92 Å². The molecule has 1 aromatic rings. The van der Waals surface area contributed by atoms with Gasteiger partial charge in [-0.25, -0.2) is 9.18 Å². The number of likely N-dealkylation sites (tertiary alicyclic amines) is 1. The lowest BCUT2D eigenvalue weighted by atomic mass is 9.71. The average molecular weight is 382 g/mol. The molecule has 150 valence electrons. The molecule has 1 N–H and O–H groups in total. The van der Waals surface area contributed by atoms with Crippen LogP contribution in [0.5, 0.6) is 0 Å². The van der Waals surface area contributed by atoms with E-state index in [0.717, 1.165) is 12.8 Å². The predicted molar refractivity (Wildman–Crippen MR) is 93.5 cm³/mol. The van der Waals surface area contributed by atoms with E-state index in [1.165, 1.54) is 0 Å². The first-order chi connectivity index (χ1) is 12.6. The number of hydrogen-bond donors (Lipinski definition) is 1. The molecule has 27 heavy (non-hydrogen) atoms. The van der Waals surface area contributed by atoms with Crippen molar-refractivity contribution in [1.29, 1.82) is 0 Å². The molecule has 1 saturated heterocycles. The molecular formula is C18H27FN4O4. The van der Waals surface area contributed by atoms with Crippen molar-refractivity contribution in [2.45, 2.75) is 70.7 Å². The highest BCUT2D eigenvalue weighted by atomic mass is 19.1. The van der Waals surface area contributed by atoms with Crippen LogP contribution in [0.3, 0.4) is 0 Å². The first-order valence-corrected chi connectivity index (χ1v) is 9.33. The van der Waals surface area contributed by atoms with E-state index in [1.54, 1.807) is 32.6 Å². The van der Waals surface area contributed by atoms with Crippen LogP contribution >= 0.6 is 0 Å². The number of ether oxygens (including phenoxy) is 1. The molecule has 1 atom stereocenters. The first kappa shape index (κ1) is 19.6. The number of halogens is 1. The number of aryl methyl sites for hydroxylation is 1. The highest BCUT2D eigenvalue weighted by molar-refractivity contribution is 5.81. The summed E-state index contributed by atoms with van der Waals surface area (Å²) in [7, 11) is 0. The van der Waals surface area contributed by atoms with Crippen molar-refractivity contribution in [2.75, 3.05) is 13.1 Å². The van der Waals surface area contributed by atoms with Gasteiger partial charge in [0.25, 0.3) is 0 Å². The monoisotopic (exact) mass is 382 g/mol. The van der Waals surface area contributed by atoms with Crippen LogP contribution in [0.1, 0.15) is 64.3 Å². The van der Waals surface area contributed by atoms with Gasteiger partial charge in [-0.3, -0.25) is 4.79 Å². The Labute approximate surface area is 157 Å². The van der Waals surface area contributed by atoms with E-state index in [4.69, 9.17) is 9.15 Å². The average Bonchev–Trinajstić information content (AvgIpc) is 3.16. The van der Waals surface area contributed by atoms with Gasteiger partial charge in [0.1, 0.15) is 17.3 Å². The number of alkyl halides is 1. The summed E-state index contributed by atoms with van der Waals surface area (Å²) in [5.74, 6) is 0.429. The van der Waals surface area contributed by atoms with Gasteiger partial charge < -0.3 is 19.4 Å². The summed E-state index contributed by atoms with van der Waals surface area (Å²) < 4.78 is 25.3. The summed E-state index contributed by atoms with van der Waals surface area (Å²) in [6.45, 7) is 7.39. The molecule has 8 nitrogen and oxygen atoms in total. The maximum atomic E-state index is 14.7. The van der Waals surface area contributed by atoms with Crippen molar-refractivity contribution in [3.05, 3.63) is 11.8 Å². The van der Waals surface area contributed by atoms with Crippen molar-refractivity contribution in [3.8, 4) is 0 Å². The van der Waals surface area contributed by atoms with Gasteiger partial charge in [0.2, 0.25) is 17.7 Å². The minimum atomic E-state index is -1.58. The van der Waals surface area contributed by atoms with Crippen molar-refractivity contribution < 1.29 is 23.1 Å². The van der Waals surface area contributed by atoms with Gasteiger partial charge in [-0.1, -0.05) is 0 Å². The summed E-state index contributed by atoms with van der Waals surface area (Å²) in [4.78, 5) is 26.2. The van der Waals surface area contributed by atoms with Crippen LogP contribution in [0.2, 0.25) is 0 Å². The van der Waals surface area contributed by atoms with Gasteiger partial charge in [0.15, 0.2) is 0 Å². The minimum absolute atomic E-state index is 0.0844. The Bertz CT molecular complexity index is 708. The van der Waals surface area contributed by atoms with Gasteiger partial charge in [0.05, 0.1) is 6.54 Å². The summed E-state index contributed by atoms with van der Waals surface area (Å²) in [6, 6.07) is -0.229. The molecule has 1 aliphatic heterocycles. The third-order valence-electron chi connectivity index (χ3n) is 4.88. The molecule has 0 spiro atoms. The molecule has 2 amide bonds. The Hall–Kier alpha value is -2.19. The van der Waals surface area contributed by atoms with Crippen LogP contribution < -0.4 is 5.32 Å². The van der Waals surface area contributed by atoms with Crippen molar-refractivity contribution in [1.82, 2.24) is 20.4 Å². The third kappa shape index (κ3) is 4.56. The fraction of sp³-hybridized carbons (Fsp3) is 0.778. The van der Waals surface area contributed by atoms with E-state index < -0.39 is 17.4 Å². The van der Waals surface area contributed by atoms with E-state index in [2.05, 4.69) is 15.5 Å². The molecule has 1 aliphatic carbocycles. The van der Waals surface area contributed by atoms with E-state index in [0.29, 0.717) is 18.3 Å². The summed E-state index contributed by atoms with van der Waals surface area (Å²) >= 11 is 0. The molecule has 3 rings (SSSR count). The van der Waals surface area contributed by atoms with E-state index in [-0.39, 0.29) is 37.3 Å². The van der Waals surface area contributed by atoms with Gasteiger partial charge in [0, 0.05) is 19.4 Å². The molecule has 2 heterocycles. The second kappa shape index (κ2) is 7.09. The molecule has 2 aliphatic rings. The topological polar surface area (TPSA) is 97.6 Å². The fourth-order valence-electron chi connectivity index (χ4n) is 3.66. The van der Waals surface area contributed by atoms with Crippen LogP contribution in [-0.4, -0.2) is 51.5 Å². The van der Waals surface area contributed by atoms with Crippen LogP contribution in [0.15, 0.2) is 4.42 Å². The van der Waals surface area contributed by atoms with Crippen LogP contribution in [0.25, 0.3) is 0 Å². The number of alkyl carbamates (subject to hydrolysis) is 1. The first-order valence-electron chi connectivity index (χ1n) is 9.33. The van der Waals surface area contributed by atoms with Crippen LogP contribution in [0, 0.1) is 12.8 Å². The Morgan fingerprint density at radius 3 is 2.67 bits per heavy atom. The number of nitrogens with one attached hydrogen (secondary N) is 1. The van der Waals surface area contributed by atoms with Crippen molar-refractivity contribution >= 4 is 12.0 Å². The van der Waals surface area contributed by atoms with Gasteiger partial charge in [-0.2, -0.15) is 0 Å². The lowest BCUT2D eigenvalue weighted by Gasteiger charge is -2.42. The Morgan fingerprint density at radius 2 is 2.07 bits per heavy atom. The summed E-state index contributed by atoms with van der Waals surface area (Å²) in [6.07, 6.45) is 1.15. The smallest absolute Gasteiger partial charge is 0.407 e. The van der Waals surface area contributed by atoms with Gasteiger partial charge >= 0.3 is 6.09 Å². The number of nitrogens with zero attached hydrogens (tertiary/aromatic N) is 3. The Balaban J connectivity index is 1.51. The van der Waals surface area contributed by atoms with Crippen LogP contribution in [0.4, 0.5) is 9.18 Å². The highest BCUT2D eigenvalue weighted by Crippen LogP contribution is 2.44. The SMILES string of the molecule is Cc1nnc(C2CCCN2C(=O)C2CC(F)(CNC(=O)OC(C)(C)C)C2)o1. The molecule has 1 saturated carbocycles. The normalized spacial score (nSPS) is 28.0. The van der Waals surface area contributed by atoms with E-state index in [1.807, 2.05) is 0 Å². The third-order valence-corrected chi connectivity index (χ3v) is 4.88. The molecule has 0 aromatic carbocycles. The standard InChI is InChI=1S/C18H27FN4O4/c1-11-21-22-14(26-11)13-6-5-7-23(13)15(24)12-8-18(19,9-12)10-20-16(25)27-17(2,3)4/h12-13H,5-10H2,1-4H3,(H,20,25). The quantitative estimate of drug-likeness (QED) is 0.860. The second-order valence-electron chi connectivity index (χ2n) is 8.46. The highest BCUT2D eigenvalue weighted by Gasteiger charge is 2.51. The maximum Gasteiger partial charge on any atom is 0.407 e. The van der Waals surface area contributed by atoms with E-state index >= 15 is 0 Å². The number of hydrogen-bond acceptors (Lipinski definition) is 6. The Morgan fingerprint density at radius 1 is 1.37 bits per heavy atom. The maximum absolute atomic E-state index is 14.7. The zero-order chi connectivity index (χ0) is 19.8. The predicted octanol–water partition coefficient (Wildman–Crippen LogP) is 2.68. The molecule has 0 bridgehead atoms. The molecule has 2 fully saturated rings. The minimum Gasteiger partial charge on any atom is -0.444 e. The number of amides is 2. The molecular weight excluding hydrogens is 355 g/mol. The molecule has 0 radical (unpaired) electrons. The van der Waals surface area contributed by atoms with Gasteiger partial charge in [-0.05, 0) is 46.5 Å². The molecule has 1 unspecified atom stereocenters. The van der Waals surface area contributed by atoms with Crippen LogP contribution in [-0.2, 0) is 9.53 Å². The van der Waals surface area contributed by atoms with Crippen molar-refractivity contribution in [3.63, 3.8) is 0 Å². The number of aromatic nitrogens is 2. The largest absolute Gasteiger partial charge is 0.444 e. The second-order valence-corrected chi connectivity index (χ2v) is 8.46. The molecule has 9 heteroatoms. The summed E-state index contributed by atoms with van der Waals surface area (Å²) in [5, 5.41) is 10.3. The lowest BCUT2D eigenvalue weighted by Crippen LogP contribution is -2.54. The number of carbonyl (C=O) groups excluding carboxylic acids is 2. The van der Waals surface area contributed by atoms with Gasteiger partial charge in [-0.15, -0.1) is 10.2 Å². The number of rotatable bonds is 4. The number of carbonyl (C=O) groups is 2. The fourth-order valence-corrected chi connectivity index (χ4v) is 3.66. The van der Waals surface area contributed by atoms with E-state index in [9.17, 15) is 14.0 Å². The Kier molecular flexibility index (Phi) is 5.14. The zero-order valence-electron chi connectivity index (χ0n) is 16.2. The lowest BCUT2D eigenvalue weighted by molar-refractivity contribution is -0.146. The molecule has 1 aromatic heterocycles. The summed E-state index contributed by atoms with van der Waals surface area (Å²) in [5.41, 5.74) is -2.21.